The van der Waals surface area contributed by atoms with E-state index in [0.29, 0.717) is 28.1 Å². The van der Waals surface area contributed by atoms with Gasteiger partial charge in [-0.25, -0.2) is 0 Å². The lowest BCUT2D eigenvalue weighted by atomic mass is 10.0. The van der Waals surface area contributed by atoms with Crippen LogP contribution in [0.4, 0.5) is 26.3 Å². The zero-order valence-corrected chi connectivity index (χ0v) is 16.7. The third-order valence-corrected chi connectivity index (χ3v) is 5.19. The van der Waals surface area contributed by atoms with E-state index < -0.39 is 29.0 Å². The van der Waals surface area contributed by atoms with Gasteiger partial charge >= 0.3 is 12.4 Å². The minimum Gasteiger partial charge on any atom is -0.339 e. The Morgan fingerprint density at radius 2 is 1.25 bits per heavy atom. The summed E-state index contributed by atoms with van der Waals surface area (Å²) >= 11 is 0. The zero-order chi connectivity index (χ0) is 23.4. The van der Waals surface area contributed by atoms with Gasteiger partial charge in [0.1, 0.15) is 5.65 Å². The van der Waals surface area contributed by atoms with E-state index in [9.17, 15) is 31.1 Å². The Morgan fingerprint density at radius 3 is 1.72 bits per heavy atom. The monoisotopic (exact) mass is 451 g/mol. The molecule has 2 aromatic carbocycles. The van der Waals surface area contributed by atoms with E-state index >= 15 is 0 Å². The van der Waals surface area contributed by atoms with E-state index in [1.165, 1.54) is 31.2 Å². The molecule has 0 atom stereocenters. The van der Waals surface area contributed by atoms with E-state index in [4.69, 9.17) is 0 Å². The van der Waals surface area contributed by atoms with Crippen LogP contribution in [0.1, 0.15) is 22.4 Å². The quantitative estimate of drug-likeness (QED) is 0.380. The molecule has 0 aliphatic carbocycles. The SMILES string of the molecule is Cc1nn2c(=O)c(C)c(-c3ccc(C(F)(F)F)cc3)[nH]c2c1-c1ccc(C(F)(F)F)cc1. The maximum absolute atomic E-state index is 12.9. The molecule has 1 N–H and O–H groups in total. The fraction of sp³-hybridized carbons (Fsp3) is 0.182. The van der Waals surface area contributed by atoms with Gasteiger partial charge in [-0.05, 0) is 49.2 Å². The van der Waals surface area contributed by atoms with Crippen LogP contribution in [0, 0.1) is 13.8 Å². The average Bonchev–Trinajstić information content (AvgIpc) is 3.05. The Hall–Kier alpha value is -3.56. The number of nitrogens with one attached hydrogen (secondary N) is 1. The van der Waals surface area contributed by atoms with Gasteiger partial charge in [0, 0.05) is 11.1 Å². The lowest BCUT2D eigenvalue weighted by Gasteiger charge is -2.11. The molecule has 0 amide bonds. The van der Waals surface area contributed by atoms with Crippen molar-refractivity contribution in [3.05, 3.63) is 81.3 Å². The molecule has 10 heteroatoms. The van der Waals surface area contributed by atoms with Crippen molar-refractivity contribution in [2.45, 2.75) is 26.2 Å². The van der Waals surface area contributed by atoms with Crippen LogP contribution in [-0.4, -0.2) is 14.6 Å². The highest BCUT2D eigenvalue weighted by Gasteiger charge is 2.31. The van der Waals surface area contributed by atoms with Crippen LogP contribution < -0.4 is 5.56 Å². The van der Waals surface area contributed by atoms with Crippen LogP contribution in [-0.2, 0) is 12.4 Å². The number of benzene rings is 2. The number of H-pyrrole nitrogens is 1. The van der Waals surface area contributed by atoms with Gasteiger partial charge in [0.15, 0.2) is 0 Å². The fourth-order valence-electron chi connectivity index (χ4n) is 3.55. The second kappa shape index (κ2) is 7.25. The van der Waals surface area contributed by atoms with Crippen molar-refractivity contribution in [1.29, 1.82) is 0 Å². The van der Waals surface area contributed by atoms with Gasteiger partial charge < -0.3 is 4.98 Å². The molecular weight excluding hydrogens is 436 g/mol. The molecule has 0 saturated heterocycles. The van der Waals surface area contributed by atoms with Crippen molar-refractivity contribution >= 4 is 5.65 Å². The molecule has 2 heterocycles. The van der Waals surface area contributed by atoms with Gasteiger partial charge in [-0.2, -0.15) is 36.0 Å². The topological polar surface area (TPSA) is 50.2 Å². The molecule has 32 heavy (non-hydrogen) atoms. The van der Waals surface area contributed by atoms with E-state index in [-0.39, 0.29) is 11.2 Å². The molecule has 0 aliphatic rings. The van der Waals surface area contributed by atoms with Gasteiger partial charge in [-0.3, -0.25) is 4.79 Å². The molecule has 166 valence electrons. The first-order valence-electron chi connectivity index (χ1n) is 9.35. The summed E-state index contributed by atoms with van der Waals surface area (Å²) in [5.41, 5.74) is 0.213. The van der Waals surface area contributed by atoms with Gasteiger partial charge in [-0.15, -0.1) is 0 Å². The Bertz CT molecular complexity index is 1360. The molecule has 4 nitrogen and oxygen atoms in total. The van der Waals surface area contributed by atoms with Crippen molar-refractivity contribution in [3.8, 4) is 22.4 Å². The molecule has 0 fully saturated rings. The summed E-state index contributed by atoms with van der Waals surface area (Å²) in [5, 5.41) is 4.20. The third-order valence-electron chi connectivity index (χ3n) is 5.19. The number of aryl methyl sites for hydroxylation is 1. The maximum Gasteiger partial charge on any atom is 0.416 e. The summed E-state index contributed by atoms with van der Waals surface area (Å²) in [5.74, 6) is 0. The molecule has 0 unspecified atom stereocenters. The van der Waals surface area contributed by atoms with E-state index in [1.807, 2.05) is 0 Å². The number of halogens is 6. The Morgan fingerprint density at radius 1 is 0.781 bits per heavy atom. The minimum atomic E-state index is -4.50. The third kappa shape index (κ3) is 3.65. The Kier molecular flexibility index (Phi) is 4.91. The smallest absolute Gasteiger partial charge is 0.339 e. The maximum atomic E-state index is 12.9. The van der Waals surface area contributed by atoms with Crippen LogP contribution in [0.25, 0.3) is 28.0 Å². The normalized spacial score (nSPS) is 12.5. The van der Waals surface area contributed by atoms with Crippen LogP contribution in [0.3, 0.4) is 0 Å². The van der Waals surface area contributed by atoms with Crippen molar-refractivity contribution in [1.82, 2.24) is 14.6 Å². The number of hydrogen-bond donors (Lipinski definition) is 1. The van der Waals surface area contributed by atoms with Crippen LogP contribution in [0.5, 0.6) is 0 Å². The number of alkyl halides is 6. The molecule has 0 saturated carbocycles. The van der Waals surface area contributed by atoms with Crippen LogP contribution in [0.15, 0.2) is 53.3 Å². The largest absolute Gasteiger partial charge is 0.416 e. The van der Waals surface area contributed by atoms with Gasteiger partial charge in [-0.1, -0.05) is 24.3 Å². The number of hydrogen-bond acceptors (Lipinski definition) is 2. The second-order valence-corrected chi connectivity index (χ2v) is 7.30. The summed E-state index contributed by atoms with van der Waals surface area (Å²) in [6, 6.07) is 8.75. The fourth-order valence-corrected chi connectivity index (χ4v) is 3.55. The predicted octanol–water partition coefficient (Wildman–Crippen LogP) is 6.01. The number of aromatic nitrogens is 3. The first kappa shape index (κ1) is 21.7. The zero-order valence-electron chi connectivity index (χ0n) is 16.7. The number of rotatable bonds is 2. The molecule has 2 aromatic heterocycles. The molecule has 0 aliphatic heterocycles. The Balaban J connectivity index is 1.90. The number of fused-ring (bicyclic) bond motifs is 1. The van der Waals surface area contributed by atoms with Crippen LogP contribution >= 0.6 is 0 Å². The van der Waals surface area contributed by atoms with E-state index in [1.54, 1.807) is 6.92 Å². The lowest BCUT2D eigenvalue weighted by Crippen LogP contribution is -2.19. The second-order valence-electron chi connectivity index (χ2n) is 7.30. The van der Waals surface area contributed by atoms with Crippen molar-refractivity contribution in [3.63, 3.8) is 0 Å². The lowest BCUT2D eigenvalue weighted by molar-refractivity contribution is -0.138. The van der Waals surface area contributed by atoms with E-state index in [2.05, 4.69) is 10.1 Å². The van der Waals surface area contributed by atoms with Crippen molar-refractivity contribution in [2.75, 3.05) is 0 Å². The summed E-state index contributed by atoms with van der Waals surface area (Å²) in [6.07, 6.45) is -8.99. The average molecular weight is 451 g/mol. The van der Waals surface area contributed by atoms with Crippen LogP contribution in [0.2, 0.25) is 0 Å². The summed E-state index contributed by atoms with van der Waals surface area (Å²) in [7, 11) is 0. The first-order valence-corrected chi connectivity index (χ1v) is 9.35. The Labute approximate surface area is 177 Å². The highest BCUT2D eigenvalue weighted by atomic mass is 19.4. The highest BCUT2D eigenvalue weighted by Crippen LogP contribution is 2.34. The van der Waals surface area contributed by atoms with Crippen molar-refractivity contribution in [2.24, 2.45) is 0 Å². The van der Waals surface area contributed by atoms with Gasteiger partial charge in [0.25, 0.3) is 5.56 Å². The summed E-state index contributed by atoms with van der Waals surface area (Å²) in [4.78, 5) is 15.9. The molecule has 0 bridgehead atoms. The summed E-state index contributed by atoms with van der Waals surface area (Å²) in [6.45, 7) is 3.13. The molecule has 0 spiro atoms. The highest BCUT2D eigenvalue weighted by molar-refractivity contribution is 5.81. The van der Waals surface area contributed by atoms with E-state index in [0.717, 1.165) is 28.8 Å². The molecular formula is C22H15F6N3O. The number of nitrogens with zero attached hydrogens (tertiary/aromatic N) is 2. The van der Waals surface area contributed by atoms with Gasteiger partial charge in [0.05, 0.1) is 22.5 Å². The first-order chi connectivity index (χ1) is 14.9. The number of aromatic amines is 1. The molecule has 4 aromatic rings. The molecule has 0 radical (unpaired) electrons. The predicted molar refractivity (Wildman–Crippen MR) is 106 cm³/mol. The van der Waals surface area contributed by atoms with Crippen molar-refractivity contribution < 1.29 is 26.3 Å². The molecule has 4 rings (SSSR count). The summed E-state index contributed by atoms with van der Waals surface area (Å²) < 4.78 is 78.4. The van der Waals surface area contributed by atoms with Gasteiger partial charge in [0.2, 0.25) is 0 Å². The standard InChI is InChI=1S/C22H15F6N3O/c1-11-18(14-5-9-16(10-6-14)22(26,27)28)29-19-17(12(2)30-31(19)20(11)32)13-3-7-15(8-4-13)21(23,24)25/h3-10,29H,1-2H3. The minimum absolute atomic E-state index is 0.229.